The molecule has 1 heteroatoms. The number of para-hydroxylation sites is 1. The van der Waals surface area contributed by atoms with Crippen LogP contribution in [0, 0.1) is 62.3 Å². The standard InChI is InChI=1S/C10H14.C9H12.C8H10O.2C2H6/c1-7-5-8(2)10(4)9(3)6-7;1-7-5-4-6-8(2)9(7)3;1-6-4-3-5-7(2)8(6)9;2*1-2/h5-6H,1-4H3;4-6H,1-3H3;3-5,9H,1-2H3;2*1-2H3. The highest BCUT2D eigenvalue weighted by Gasteiger charge is 1.96. The average Bonchev–Trinajstić information content (AvgIpc) is 2.77. The van der Waals surface area contributed by atoms with Crippen LogP contribution in [0.2, 0.25) is 0 Å². The van der Waals surface area contributed by atoms with Gasteiger partial charge in [-0.25, -0.2) is 0 Å². The molecule has 3 rings (SSSR count). The Hall–Kier alpha value is -2.54. The zero-order valence-electron chi connectivity index (χ0n) is 23.1. The summed E-state index contributed by atoms with van der Waals surface area (Å²) in [6.45, 7) is 26.9. The summed E-state index contributed by atoms with van der Waals surface area (Å²) in [4.78, 5) is 0. The van der Waals surface area contributed by atoms with Gasteiger partial charge in [-0.05, 0) is 107 Å². The Morgan fingerprint density at radius 1 is 0.438 bits per heavy atom. The molecule has 0 bridgehead atoms. The fourth-order valence-electron chi connectivity index (χ4n) is 2.96. The van der Waals surface area contributed by atoms with E-state index in [-0.39, 0.29) is 0 Å². The van der Waals surface area contributed by atoms with Crippen molar-refractivity contribution >= 4 is 0 Å². The smallest absolute Gasteiger partial charge is 0.121 e. The van der Waals surface area contributed by atoms with Gasteiger partial charge in [0.25, 0.3) is 0 Å². The van der Waals surface area contributed by atoms with Crippen LogP contribution >= 0.6 is 0 Å². The molecule has 1 N–H and O–H groups in total. The molecule has 0 spiro atoms. The number of phenols is 1. The molecule has 1 nitrogen and oxygen atoms in total. The summed E-state index contributed by atoms with van der Waals surface area (Å²) in [6.07, 6.45) is 0. The van der Waals surface area contributed by atoms with Crippen LogP contribution in [0.3, 0.4) is 0 Å². The number of phenolic OH excluding ortho intramolecular Hbond substituents is 1. The minimum Gasteiger partial charge on any atom is -0.507 e. The van der Waals surface area contributed by atoms with Crippen molar-refractivity contribution in [3.63, 3.8) is 0 Å². The maximum atomic E-state index is 9.21. The molecule has 0 aliphatic rings. The van der Waals surface area contributed by atoms with Crippen molar-refractivity contribution in [2.24, 2.45) is 0 Å². The van der Waals surface area contributed by atoms with E-state index in [1.54, 1.807) is 0 Å². The zero-order chi connectivity index (χ0) is 25.4. The third-order valence-corrected chi connectivity index (χ3v) is 5.39. The quantitative estimate of drug-likeness (QED) is 0.372. The van der Waals surface area contributed by atoms with Crippen LogP contribution in [-0.4, -0.2) is 5.11 Å². The van der Waals surface area contributed by atoms with Crippen molar-refractivity contribution in [2.45, 2.75) is 90.0 Å². The fourth-order valence-corrected chi connectivity index (χ4v) is 2.96. The molecule has 0 radical (unpaired) electrons. The molecular weight excluding hydrogens is 388 g/mol. The maximum Gasteiger partial charge on any atom is 0.121 e. The second-order valence-electron chi connectivity index (χ2n) is 7.78. The third-order valence-electron chi connectivity index (χ3n) is 5.39. The Bertz CT molecular complexity index is 807. The maximum absolute atomic E-state index is 9.21. The lowest BCUT2D eigenvalue weighted by Gasteiger charge is -2.04. The van der Waals surface area contributed by atoms with Crippen LogP contribution in [0.25, 0.3) is 0 Å². The third kappa shape index (κ3) is 11.2. The molecule has 32 heavy (non-hydrogen) atoms. The van der Waals surface area contributed by atoms with E-state index in [2.05, 4.69) is 78.8 Å². The summed E-state index contributed by atoms with van der Waals surface area (Å²) in [5.41, 5.74) is 11.6. The lowest BCUT2D eigenvalue weighted by molar-refractivity contribution is 0.467. The molecule has 0 aliphatic heterocycles. The second-order valence-corrected chi connectivity index (χ2v) is 7.78. The van der Waals surface area contributed by atoms with Gasteiger partial charge in [0.1, 0.15) is 5.75 Å². The first kappa shape index (κ1) is 31.6. The van der Waals surface area contributed by atoms with Gasteiger partial charge in [0.05, 0.1) is 0 Å². The molecule has 0 aromatic heterocycles. The van der Waals surface area contributed by atoms with Crippen LogP contribution in [0.4, 0.5) is 0 Å². The number of hydrogen-bond donors (Lipinski definition) is 1. The van der Waals surface area contributed by atoms with Gasteiger partial charge in [-0.15, -0.1) is 0 Å². The largest absolute Gasteiger partial charge is 0.507 e. The second kappa shape index (κ2) is 17.1. The van der Waals surface area contributed by atoms with E-state index < -0.39 is 0 Å². The van der Waals surface area contributed by atoms with Crippen LogP contribution < -0.4 is 0 Å². The molecule has 0 aliphatic carbocycles. The molecule has 0 saturated carbocycles. The highest BCUT2D eigenvalue weighted by Crippen LogP contribution is 2.19. The first-order valence-corrected chi connectivity index (χ1v) is 11.9. The van der Waals surface area contributed by atoms with E-state index in [1.165, 1.54) is 38.9 Å². The molecule has 0 amide bonds. The number of aryl methyl sites for hydroxylation is 7. The Labute approximate surface area is 199 Å². The molecule has 0 saturated heterocycles. The normalized spacial score (nSPS) is 8.91. The summed E-state index contributed by atoms with van der Waals surface area (Å²) in [5.74, 6) is 0.414. The van der Waals surface area contributed by atoms with Gasteiger partial charge in [0, 0.05) is 0 Å². The molecule has 0 atom stereocenters. The summed E-state index contributed by atoms with van der Waals surface area (Å²) < 4.78 is 0. The fraction of sp³-hybridized carbons (Fsp3) is 0.419. The van der Waals surface area contributed by atoms with Gasteiger partial charge < -0.3 is 5.11 Å². The number of aromatic hydroxyl groups is 1. The van der Waals surface area contributed by atoms with E-state index >= 15 is 0 Å². The molecule has 3 aromatic rings. The van der Waals surface area contributed by atoms with Crippen LogP contribution in [-0.2, 0) is 0 Å². The number of benzene rings is 3. The minimum atomic E-state index is 0.414. The van der Waals surface area contributed by atoms with Crippen molar-refractivity contribution < 1.29 is 5.11 Å². The first-order chi connectivity index (χ1) is 15.0. The van der Waals surface area contributed by atoms with E-state index in [1.807, 2.05) is 59.7 Å². The predicted molar refractivity (Wildman–Crippen MR) is 146 cm³/mol. The van der Waals surface area contributed by atoms with Gasteiger partial charge in [-0.2, -0.15) is 0 Å². The number of rotatable bonds is 0. The summed E-state index contributed by atoms with van der Waals surface area (Å²) in [6, 6.07) is 16.5. The summed E-state index contributed by atoms with van der Waals surface area (Å²) in [5, 5.41) is 9.21. The van der Waals surface area contributed by atoms with Gasteiger partial charge in [-0.3, -0.25) is 0 Å². The zero-order valence-corrected chi connectivity index (χ0v) is 23.1. The van der Waals surface area contributed by atoms with E-state index in [0.717, 1.165) is 11.1 Å². The van der Waals surface area contributed by atoms with Crippen LogP contribution in [0.5, 0.6) is 5.75 Å². The first-order valence-electron chi connectivity index (χ1n) is 11.9. The molecule has 0 unspecified atom stereocenters. The van der Waals surface area contributed by atoms with Gasteiger partial charge in [0.2, 0.25) is 0 Å². The van der Waals surface area contributed by atoms with Crippen molar-refractivity contribution in [3.05, 3.63) is 98.6 Å². The Kier molecular flexibility index (Phi) is 16.9. The average molecular weight is 437 g/mol. The van der Waals surface area contributed by atoms with Crippen LogP contribution in [0.1, 0.15) is 77.8 Å². The van der Waals surface area contributed by atoms with Crippen molar-refractivity contribution in [3.8, 4) is 5.75 Å². The van der Waals surface area contributed by atoms with Crippen molar-refractivity contribution in [1.82, 2.24) is 0 Å². The summed E-state index contributed by atoms with van der Waals surface area (Å²) >= 11 is 0. The molecule has 3 aromatic carbocycles. The van der Waals surface area contributed by atoms with Crippen molar-refractivity contribution in [2.75, 3.05) is 0 Å². The molecular formula is C31H48O. The topological polar surface area (TPSA) is 20.2 Å². The van der Waals surface area contributed by atoms with E-state index in [9.17, 15) is 5.11 Å². The molecule has 0 fully saturated rings. The predicted octanol–water partition coefficient (Wildman–Crippen LogP) is 9.59. The SMILES string of the molecule is CC.CC.Cc1cc(C)c(C)c(C)c1.Cc1cccc(C)c1C.Cc1cccc(C)c1O. The lowest BCUT2D eigenvalue weighted by Crippen LogP contribution is -1.86. The van der Waals surface area contributed by atoms with Gasteiger partial charge in [0.15, 0.2) is 0 Å². The molecule has 0 heterocycles. The van der Waals surface area contributed by atoms with Gasteiger partial charge in [-0.1, -0.05) is 81.8 Å². The monoisotopic (exact) mass is 436 g/mol. The van der Waals surface area contributed by atoms with E-state index in [4.69, 9.17) is 0 Å². The highest BCUT2D eigenvalue weighted by atomic mass is 16.3. The Balaban J connectivity index is 0. The van der Waals surface area contributed by atoms with Crippen LogP contribution in [0.15, 0.2) is 48.5 Å². The summed E-state index contributed by atoms with van der Waals surface area (Å²) in [7, 11) is 0. The minimum absolute atomic E-state index is 0.414. The van der Waals surface area contributed by atoms with E-state index in [0.29, 0.717) is 5.75 Å². The molecule has 178 valence electrons. The number of hydrogen-bond acceptors (Lipinski definition) is 1. The van der Waals surface area contributed by atoms with Crippen molar-refractivity contribution in [1.29, 1.82) is 0 Å². The lowest BCUT2D eigenvalue weighted by atomic mass is 10.0. The van der Waals surface area contributed by atoms with Gasteiger partial charge >= 0.3 is 0 Å². The Morgan fingerprint density at radius 2 is 0.719 bits per heavy atom. The highest BCUT2D eigenvalue weighted by molar-refractivity contribution is 5.38. The Morgan fingerprint density at radius 3 is 1.00 bits per heavy atom.